The largest absolute Gasteiger partial charge is 1.00 e. The molecule has 0 spiro atoms. The SMILES string of the molecule is CCCCCC[C@H](C)OS(=O)(=O)[O-].[Na+]. The van der Waals surface area contributed by atoms with Crippen LogP contribution >= 0.6 is 0 Å². The molecule has 0 amide bonds. The van der Waals surface area contributed by atoms with Crippen LogP contribution in [0.1, 0.15) is 46.0 Å². The van der Waals surface area contributed by atoms with Crippen LogP contribution in [0.3, 0.4) is 0 Å². The van der Waals surface area contributed by atoms with Crippen LogP contribution < -0.4 is 29.6 Å². The second-order valence-electron chi connectivity index (χ2n) is 3.16. The third-order valence-electron chi connectivity index (χ3n) is 1.75. The Balaban J connectivity index is 0. The van der Waals surface area contributed by atoms with Gasteiger partial charge in [-0.15, -0.1) is 0 Å². The molecule has 1 atom stereocenters. The average Bonchev–Trinajstić information content (AvgIpc) is 1.94. The van der Waals surface area contributed by atoms with Crippen molar-refractivity contribution >= 4 is 10.4 Å². The number of unbranched alkanes of at least 4 members (excludes halogenated alkanes) is 3. The van der Waals surface area contributed by atoms with Crippen LogP contribution in [0.15, 0.2) is 0 Å². The van der Waals surface area contributed by atoms with Crippen LogP contribution in [0.5, 0.6) is 0 Å². The van der Waals surface area contributed by atoms with Gasteiger partial charge in [0, 0.05) is 0 Å². The molecule has 0 saturated heterocycles. The first-order valence-corrected chi connectivity index (χ1v) is 5.93. The first-order chi connectivity index (χ1) is 5.95. The van der Waals surface area contributed by atoms with Crippen molar-refractivity contribution < 1.29 is 46.7 Å². The Morgan fingerprint density at radius 2 is 1.86 bits per heavy atom. The summed E-state index contributed by atoms with van der Waals surface area (Å²) in [6, 6.07) is 0. The molecule has 80 valence electrons. The molecule has 0 aromatic rings. The molecule has 0 radical (unpaired) electrons. The molecule has 0 aliphatic heterocycles. The van der Waals surface area contributed by atoms with Crippen molar-refractivity contribution in [2.75, 3.05) is 0 Å². The minimum atomic E-state index is -4.52. The van der Waals surface area contributed by atoms with Gasteiger partial charge >= 0.3 is 29.6 Å². The van der Waals surface area contributed by atoms with Crippen LogP contribution in [-0.2, 0) is 14.6 Å². The molecule has 0 bridgehead atoms. The van der Waals surface area contributed by atoms with E-state index in [0.29, 0.717) is 6.42 Å². The van der Waals surface area contributed by atoms with Gasteiger partial charge in [-0.05, 0) is 13.3 Å². The molecular formula is C8H17NaO4S. The van der Waals surface area contributed by atoms with Crippen LogP contribution in [0, 0.1) is 0 Å². The van der Waals surface area contributed by atoms with E-state index in [4.69, 9.17) is 0 Å². The van der Waals surface area contributed by atoms with Crippen LogP contribution in [0.4, 0.5) is 0 Å². The Bertz CT molecular complexity index is 215. The van der Waals surface area contributed by atoms with Crippen molar-refractivity contribution in [2.24, 2.45) is 0 Å². The van der Waals surface area contributed by atoms with Gasteiger partial charge in [-0.3, -0.25) is 4.18 Å². The van der Waals surface area contributed by atoms with E-state index in [0.717, 1.165) is 25.7 Å². The van der Waals surface area contributed by atoms with E-state index < -0.39 is 16.5 Å². The quantitative estimate of drug-likeness (QED) is 0.240. The minimum Gasteiger partial charge on any atom is -0.726 e. The molecular weight excluding hydrogens is 215 g/mol. The molecule has 0 fully saturated rings. The molecule has 0 aliphatic rings. The van der Waals surface area contributed by atoms with Crippen LogP contribution in [-0.4, -0.2) is 19.1 Å². The summed E-state index contributed by atoms with van der Waals surface area (Å²) in [4.78, 5) is 0. The Morgan fingerprint density at radius 1 is 1.29 bits per heavy atom. The molecule has 0 aromatic heterocycles. The summed E-state index contributed by atoms with van der Waals surface area (Å²) in [6.45, 7) is 3.70. The number of hydrogen-bond donors (Lipinski definition) is 0. The zero-order valence-electron chi connectivity index (χ0n) is 9.15. The van der Waals surface area contributed by atoms with E-state index in [-0.39, 0.29) is 29.6 Å². The van der Waals surface area contributed by atoms with E-state index >= 15 is 0 Å². The molecule has 0 rings (SSSR count). The van der Waals surface area contributed by atoms with Gasteiger partial charge in [-0.25, -0.2) is 8.42 Å². The fourth-order valence-electron chi connectivity index (χ4n) is 1.11. The predicted octanol–water partition coefficient (Wildman–Crippen LogP) is -1.17. The minimum absolute atomic E-state index is 0. The number of rotatable bonds is 7. The van der Waals surface area contributed by atoms with Crippen molar-refractivity contribution in [3.63, 3.8) is 0 Å². The van der Waals surface area contributed by atoms with Crippen LogP contribution in [0.25, 0.3) is 0 Å². The maximum absolute atomic E-state index is 10.2. The summed E-state index contributed by atoms with van der Waals surface area (Å²) in [5.41, 5.74) is 0. The van der Waals surface area contributed by atoms with Gasteiger partial charge in [0.05, 0.1) is 6.10 Å². The van der Waals surface area contributed by atoms with Gasteiger partial charge in [0.1, 0.15) is 0 Å². The maximum Gasteiger partial charge on any atom is 1.00 e. The molecule has 0 unspecified atom stereocenters. The molecule has 0 aromatic carbocycles. The summed E-state index contributed by atoms with van der Waals surface area (Å²) in [5, 5.41) is 0. The van der Waals surface area contributed by atoms with Crippen molar-refractivity contribution in [3.8, 4) is 0 Å². The molecule has 14 heavy (non-hydrogen) atoms. The Kier molecular flexibility index (Phi) is 11.3. The zero-order chi connectivity index (χ0) is 10.3. The Morgan fingerprint density at radius 3 is 2.29 bits per heavy atom. The Hall–Kier alpha value is 0.870. The summed E-state index contributed by atoms with van der Waals surface area (Å²) in [6.07, 6.45) is 4.38. The molecule has 6 heteroatoms. The predicted molar refractivity (Wildman–Crippen MR) is 49.0 cm³/mol. The van der Waals surface area contributed by atoms with E-state index in [9.17, 15) is 13.0 Å². The topological polar surface area (TPSA) is 66.4 Å². The molecule has 0 aliphatic carbocycles. The third kappa shape index (κ3) is 12.9. The van der Waals surface area contributed by atoms with Crippen LogP contribution in [0.2, 0.25) is 0 Å². The van der Waals surface area contributed by atoms with Crippen molar-refractivity contribution in [1.82, 2.24) is 0 Å². The van der Waals surface area contributed by atoms with Gasteiger partial charge in [0.25, 0.3) is 0 Å². The van der Waals surface area contributed by atoms with Gasteiger partial charge in [-0.1, -0.05) is 32.6 Å². The van der Waals surface area contributed by atoms with E-state index in [1.807, 2.05) is 0 Å². The molecule has 0 N–H and O–H groups in total. The van der Waals surface area contributed by atoms with Gasteiger partial charge in [0.2, 0.25) is 10.4 Å². The van der Waals surface area contributed by atoms with E-state index in [1.165, 1.54) is 0 Å². The standard InChI is InChI=1S/C8H18O4S.Na/c1-3-4-5-6-7-8(2)12-13(9,10)11;/h8H,3-7H2,1-2H3,(H,9,10,11);/q;+1/p-1/t8-;/m0./s1. The zero-order valence-corrected chi connectivity index (χ0v) is 12.0. The van der Waals surface area contributed by atoms with E-state index in [1.54, 1.807) is 6.92 Å². The van der Waals surface area contributed by atoms with E-state index in [2.05, 4.69) is 11.1 Å². The molecule has 0 heterocycles. The van der Waals surface area contributed by atoms with Crippen molar-refractivity contribution in [3.05, 3.63) is 0 Å². The number of hydrogen-bond acceptors (Lipinski definition) is 4. The molecule has 4 nitrogen and oxygen atoms in total. The summed E-state index contributed by atoms with van der Waals surface area (Å²) in [7, 11) is -4.52. The van der Waals surface area contributed by atoms with Crippen molar-refractivity contribution in [2.45, 2.75) is 52.1 Å². The van der Waals surface area contributed by atoms with Gasteiger partial charge < -0.3 is 4.55 Å². The maximum atomic E-state index is 10.2. The summed E-state index contributed by atoms with van der Waals surface area (Å²) < 4.78 is 34.7. The fourth-order valence-corrected chi connectivity index (χ4v) is 1.61. The normalized spacial score (nSPS) is 13.4. The first kappa shape index (κ1) is 17.3. The Labute approximate surface area is 109 Å². The summed E-state index contributed by atoms with van der Waals surface area (Å²) in [5.74, 6) is 0. The third-order valence-corrected chi connectivity index (χ3v) is 2.31. The smallest absolute Gasteiger partial charge is 0.726 e. The molecule has 0 saturated carbocycles. The monoisotopic (exact) mass is 232 g/mol. The van der Waals surface area contributed by atoms with Gasteiger partial charge in [0.15, 0.2) is 0 Å². The van der Waals surface area contributed by atoms with Gasteiger partial charge in [-0.2, -0.15) is 0 Å². The summed E-state index contributed by atoms with van der Waals surface area (Å²) >= 11 is 0. The first-order valence-electron chi connectivity index (χ1n) is 4.60. The second-order valence-corrected chi connectivity index (χ2v) is 4.17. The average molecular weight is 232 g/mol. The second kappa shape index (κ2) is 9.12. The fraction of sp³-hybridized carbons (Fsp3) is 1.00. The van der Waals surface area contributed by atoms with Crippen molar-refractivity contribution in [1.29, 1.82) is 0 Å².